The average Bonchev–Trinajstić information content (AvgIpc) is 2.45. The zero-order valence-corrected chi connectivity index (χ0v) is 13.1. The average molecular weight is 284 g/mol. The molecule has 0 saturated carbocycles. The van der Waals surface area contributed by atoms with Crippen LogP contribution in [0.2, 0.25) is 0 Å². The highest BCUT2D eigenvalue weighted by molar-refractivity contribution is 5.95. The quantitative estimate of drug-likeness (QED) is 0.884. The predicted molar refractivity (Wildman–Crippen MR) is 87.8 cm³/mol. The fourth-order valence-electron chi connectivity index (χ4n) is 2.52. The molecule has 0 fully saturated rings. The molecule has 0 bridgehead atoms. The van der Waals surface area contributed by atoms with Crippen LogP contribution in [0.3, 0.4) is 0 Å². The summed E-state index contributed by atoms with van der Waals surface area (Å²) in [7, 11) is 0. The molecule has 0 unspecified atom stereocenters. The third kappa shape index (κ3) is 2.29. The Bertz CT molecular complexity index is 821. The van der Waals surface area contributed by atoms with Crippen LogP contribution in [0.15, 0.2) is 21.4 Å². The zero-order chi connectivity index (χ0) is 15.7. The third-order valence-corrected chi connectivity index (χ3v) is 3.78. The number of aryl methyl sites for hydroxylation is 2. The van der Waals surface area contributed by atoms with E-state index in [4.69, 9.17) is 4.42 Å². The van der Waals surface area contributed by atoms with Gasteiger partial charge in [0.25, 0.3) is 0 Å². The molecular formula is C18H20O3. The van der Waals surface area contributed by atoms with Gasteiger partial charge in [-0.05, 0) is 40.2 Å². The molecule has 0 saturated heterocycles. The number of hydrogen-bond donors (Lipinski definition) is 1. The van der Waals surface area contributed by atoms with Gasteiger partial charge in [0, 0.05) is 11.1 Å². The molecule has 1 aromatic heterocycles. The van der Waals surface area contributed by atoms with Crippen molar-refractivity contribution in [3.05, 3.63) is 50.4 Å². The molecule has 0 radical (unpaired) electrons. The first-order valence-electron chi connectivity index (χ1n) is 6.98. The normalized spacial score (nSPS) is 12.0. The molecule has 0 aliphatic carbocycles. The van der Waals surface area contributed by atoms with Crippen molar-refractivity contribution < 1.29 is 9.52 Å². The van der Waals surface area contributed by atoms with Crippen molar-refractivity contribution in [3.8, 4) is 5.75 Å². The Hall–Kier alpha value is -2.29. The van der Waals surface area contributed by atoms with E-state index in [2.05, 4.69) is 0 Å². The molecular weight excluding hydrogens is 264 g/mol. The summed E-state index contributed by atoms with van der Waals surface area (Å²) in [6.45, 7) is 9.10. The maximum absolute atomic E-state index is 12.6. The predicted octanol–water partition coefficient (Wildman–Crippen LogP) is 4.49. The van der Waals surface area contributed by atoms with E-state index >= 15 is 0 Å². The molecule has 1 N–H and O–H groups in total. The van der Waals surface area contributed by atoms with E-state index in [1.54, 1.807) is 19.9 Å². The molecule has 1 aromatic carbocycles. The van der Waals surface area contributed by atoms with Gasteiger partial charge in [0.1, 0.15) is 17.1 Å². The van der Waals surface area contributed by atoms with Gasteiger partial charge in [-0.3, -0.25) is 4.79 Å². The van der Waals surface area contributed by atoms with Crippen LogP contribution in [0, 0.1) is 20.8 Å². The van der Waals surface area contributed by atoms with E-state index in [0.717, 1.165) is 5.56 Å². The Morgan fingerprint density at radius 2 is 1.52 bits per heavy atom. The van der Waals surface area contributed by atoms with Crippen LogP contribution in [0.5, 0.6) is 5.75 Å². The molecule has 21 heavy (non-hydrogen) atoms. The minimum absolute atomic E-state index is 0.0391. The van der Waals surface area contributed by atoms with E-state index in [9.17, 15) is 9.90 Å². The summed E-state index contributed by atoms with van der Waals surface area (Å²) in [6.07, 6.45) is 7.24. The van der Waals surface area contributed by atoms with Gasteiger partial charge in [0.15, 0.2) is 5.43 Å². The van der Waals surface area contributed by atoms with E-state index in [1.165, 1.54) is 0 Å². The van der Waals surface area contributed by atoms with E-state index < -0.39 is 0 Å². The molecule has 0 aliphatic rings. The second-order valence-electron chi connectivity index (χ2n) is 5.12. The summed E-state index contributed by atoms with van der Waals surface area (Å²) < 4.78 is 5.82. The number of fused-ring (bicyclic) bond motifs is 1. The lowest BCUT2D eigenvalue weighted by Crippen LogP contribution is -2.10. The number of phenols is 1. The number of allylic oxidation sites excluding steroid dienone is 2. The van der Waals surface area contributed by atoms with Crippen LogP contribution in [0.25, 0.3) is 23.1 Å². The van der Waals surface area contributed by atoms with Crippen molar-refractivity contribution in [1.29, 1.82) is 0 Å². The summed E-state index contributed by atoms with van der Waals surface area (Å²) in [5, 5.41) is 11.1. The summed E-state index contributed by atoms with van der Waals surface area (Å²) in [4.78, 5) is 12.6. The fraction of sp³-hybridized carbons (Fsp3) is 0.278. The van der Waals surface area contributed by atoms with Crippen molar-refractivity contribution in [2.24, 2.45) is 0 Å². The van der Waals surface area contributed by atoms with E-state index in [1.807, 2.05) is 39.0 Å². The fourth-order valence-corrected chi connectivity index (χ4v) is 2.52. The largest absolute Gasteiger partial charge is 0.507 e. The van der Waals surface area contributed by atoms with Crippen LogP contribution >= 0.6 is 0 Å². The van der Waals surface area contributed by atoms with Crippen LogP contribution in [0.1, 0.15) is 41.9 Å². The standard InChI is InChI=1S/C18H20O3/c1-6-8-13-11(4)15-16(19)10(3)12(5)21-18(15)14(9-7-2)17(13)20/h6-9,20H,1-5H3. The van der Waals surface area contributed by atoms with Crippen LogP contribution < -0.4 is 5.43 Å². The van der Waals surface area contributed by atoms with E-state index in [-0.39, 0.29) is 11.2 Å². The Morgan fingerprint density at radius 3 is 2.10 bits per heavy atom. The van der Waals surface area contributed by atoms with Crippen LogP contribution in [0.4, 0.5) is 0 Å². The number of aromatic hydroxyl groups is 1. The van der Waals surface area contributed by atoms with Crippen molar-refractivity contribution in [2.75, 3.05) is 0 Å². The first-order chi connectivity index (χ1) is 9.93. The zero-order valence-electron chi connectivity index (χ0n) is 13.1. The minimum atomic E-state index is -0.0391. The topological polar surface area (TPSA) is 50.4 Å². The minimum Gasteiger partial charge on any atom is -0.507 e. The lowest BCUT2D eigenvalue weighted by Gasteiger charge is -2.13. The Kier molecular flexibility index (Phi) is 4.03. The Labute approximate surface area is 124 Å². The van der Waals surface area contributed by atoms with Crippen LogP contribution in [-0.2, 0) is 0 Å². The number of phenolic OH excluding ortho intramolecular Hbond substituents is 1. The summed E-state index contributed by atoms with van der Waals surface area (Å²) in [5.74, 6) is 0.721. The van der Waals surface area contributed by atoms with Crippen molar-refractivity contribution in [1.82, 2.24) is 0 Å². The highest BCUT2D eigenvalue weighted by Crippen LogP contribution is 2.36. The third-order valence-electron chi connectivity index (χ3n) is 3.78. The highest BCUT2D eigenvalue weighted by Gasteiger charge is 2.19. The van der Waals surface area contributed by atoms with Gasteiger partial charge in [0.05, 0.1) is 10.9 Å². The molecule has 0 aliphatic heterocycles. The van der Waals surface area contributed by atoms with Crippen LogP contribution in [-0.4, -0.2) is 5.11 Å². The van der Waals surface area contributed by atoms with Crippen molar-refractivity contribution in [3.63, 3.8) is 0 Å². The van der Waals surface area contributed by atoms with Crippen molar-refractivity contribution in [2.45, 2.75) is 34.6 Å². The lowest BCUT2D eigenvalue weighted by atomic mass is 9.95. The lowest BCUT2D eigenvalue weighted by molar-refractivity contribution is 0.470. The van der Waals surface area contributed by atoms with Crippen molar-refractivity contribution >= 4 is 23.1 Å². The summed E-state index contributed by atoms with van der Waals surface area (Å²) >= 11 is 0. The first-order valence-corrected chi connectivity index (χ1v) is 6.98. The van der Waals surface area contributed by atoms with Gasteiger partial charge in [-0.15, -0.1) is 0 Å². The molecule has 3 heteroatoms. The second-order valence-corrected chi connectivity index (χ2v) is 5.12. The number of benzene rings is 1. The van der Waals surface area contributed by atoms with Gasteiger partial charge < -0.3 is 9.52 Å². The highest BCUT2D eigenvalue weighted by atomic mass is 16.3. The number of hydrogen-bond acceptors (Lipinski definition) is 3. The second kappa shape index (κ2) is 5.60. The van der Waals surface area contributed by atoms with Gasteiger partial charge in [-0.1, -0.05) is 24.3 Å². The first kappa shape index (κ1) is 15.1. The number of rotatable bonds is 2. The van der Waals surface area contributed by atoms with Gasteiger partial charge >= 0.3 is 0 Å². The van der Waals surface area contributed by atoms with Gasteiger partial charge in [-0.25, -0.2) is 0 Å². The SMILES string of the molecule is CC=Cc1c(O)c(C=CC)c2oc(C)c(C)c(=O)c2c1C. The maximum Gasteiger partial charge on any atom is 0.196 e. The summed E-state index contributed by atoms with van der Waals surface area (Å²) in [6, 6.07) is 0. The Balaban J connectivity index is 3.16. The van der Waals surface area contributed by atoms with E-state index in [0.29, 0.717) is 33.4 Å². The molecule has 0 amide bonds. The Morgan fingerprint density at radius 1 is 0.952 bits per heavy atom. The molecule has 0 spiro atoms. The molecule has 3 nitrogen and oxygen atoms in total. The van der Waals surface area contributed by atoms with Gasteiger partial charge in [-0.2, -0.15) is 0 Å². The maximum atomic E-state index is 12.6. The molecule has 2 aromatic rings. The van der Waals surface area contributed by atoms with Gasteiger partial charge in [0.2, 0.25) is 0 Å². The molecule has 110 valence electrons. The smallest absolute Gasteiger partial charge is 0.196 e. The summed E-state index contributed by atoms with van der Waals surface area (Å²) in [5.41, 5.74) is 2.96. The monoisotopic (exact) mass is 284 g/mol. The molecule has 1 heterocycles. The molecule has 0 atom stereocenters. The molecule has 2 rings (SSSR count).